The van der Waals surface area contributed by atoms with E-state index in [2.05, 4.69) is 55.2 Å². The van der Waals surface area contributed by atoms with Crippen LogP contribution in [0.15, 0.2) is 66.7 Å². The van der Waals surface area contributed by atoms with Crippen molar-refractivity contribution < 1.29 is 20.1 Å². The van der Waals surface area contributed by atoms with Crippen LogP contribution >= 0.6 is 11.9 Å². The Morgan fingerprint density at radius 1 is 0.949 bits per heavy atom. The Bertz CT molecular complexity index is 1240. The van der Waals surface area contributed by atoms with E-state index in [-0.39, 0.29) is 28.4 Å². The van der Waals surface area contributed by atoms with Crippen molar-refractivity contribution in [2.24, 2.45) is 0 Å². The van der Waals surface area contributed by atoms with Gasteiger partial charge in [-0.1, -0.05) is 68.3 Å². The van der Waals surface area contributed by atoms with Crippen LogP contribution in [0.1, 0.15) is 56.1 Å². The largest absolute Gasteiger partial charge is 0.508 e. The van der Waals surface area contributed by atoms with Gasteiger partial charge in [0.05, 0.1) is 18.2 Å². The molecule has 0 saturated carbocycles. The van der Waals surface area contributed by atoms with Crippen LogP contribution in [0.5, 0.6) is 11.5 Å². The van der Waals surface area contributed by atoms with E-state index in [0.29, 0.717) is 30.8 Å². The molecule has 3 aromatic rings. The van der Waals surface area contributed by atoms with Gasteiger partial charge in [-0.2, -0.15) is 0 Å². The fourth-order valence-corrected chi connectivity index (χ4v) is 4.83. The van der Waals surface area contributed by atoms with Crippen LogP contribution in [0.2, 0.25) is 0 Å². The second kappa shape index (κ2) is 13.2. The number of nitrogens with one attached hydrogen (secondary N) is 3. The number of carbonyl (C=O) groups excluding carboxylic acids is 1. The summed E-state index contributed by atoms with van der Waals surface area (Å²) in [5, 5.41) is 36.7. The maximum atomic E-state index is 12.7. The lowest BCUT2D eigenvalue weighted by molar-refractivity contribution is -0.120. The summed E-state index contributed by atoms with van der Waals surface area (Å²) >= 11 is 1.38. The van der Waals surface area contributed by atoms with Gasteiger partial charge in [-0.05, 0) is 66.8 Å². The summed E-state index contributed by atoms with van der Waals surface area (Å²) < 4.78 is 3.02. The Hall–Kier alpha value is -3.20. The second-order valence-electron chi connectivity index (χ2n) is 11.2. The molecule has 39 heavy (non-hydrogen) atoms. The number of amides is 1. The highest BCUT2D eigenvalue weighted by Crippen LogP contribution is 2.29. The number of β-amino-alcohol motifs (C(OH)–C–C–N with tert-alkyl or cyclic N) is 1. The van der Waals surface area contributed by atoms with Gasteiger partial charge in [-0.3, -0.25) is 4.79 Å². The lowest BCUT2D eigenvalue weighted by Crippen LogP contribution is -2.43. The zero-order valence-electron chi connectivity index (χ0n) is 23.4. The van der Waals surface area contributed by atoms with Gasteiger partial charge in [0.25, 0.3) is 0 Å². The van der Waals surface area contributed by atoms with E-state index in [1.54, 1.807) is 30.3 Å². The Morgan fingerprint density at radius 2 is 1.64 bits per heavy atom. The molecule has 0 aromatic heterocycles. The maximum Gasteiger partial charge on any atom is 0.224 e. The first-order valence-corrected chi connectivity index (χ1v) is 14.3. The average molecular weight is 552 g/mol. The van der Waals surface area contributed by atoms with Gasteiger partial charge >= 0.3 is 0 Å². The van der Waals surface area contributed by atoms with Crippen LogP contribution in [-0.4, -0.2) is 46.1 Å². The van der Waals surface area contributed by atoms with E-state index in [1.807, 2.05) is 30.5 Å². The summed E-state index contributed by atoms with van der Waals surface area (Å²) in [4.78, 5) is 12.7. The minimum absolute atomic E-state index is 0.0382. The van der Waals surface area contributed by atoms with Crippen LogP contribution < -0.4 is 15.4 Å². The molecule has 0 radical (unpaired) electrons. The van der Waals surface area contributed by atoms with E-state index in [0.717, 1.165) is 23.1 Å². The smallest absolute Gasteiger partial charge is 0.224 e. The molecule has 3 rings (SSSR count). The Balaban J connectivity index is 1.53. The maximum absolute atomic E-state index is 12.7. The normalized spacial score (nSPS) is 12.7. The molecule has 8 heteroatoms. The molecular formula is C31H41N3O4S. The summed E-state index contributed by atoms with van der Waals surface area (Å²) in [6.07, 6.45) is 2.15. The molecule has 0 spiro atoms. The Kier molecular flexibility index (Phi) is 10.3. The van der Waals surface area contributed by atoms with Crippen molar-refractivity contribution in [1.29, 1.82) is 0 Å². The highest BCUT2D eigenvalue weighted by molar-refractivity contribution is 7.99. The van der Waals surface area contributed by atoms with E-state index in [9.17, 15) is 20.1 Å². The Morgan fingerprint density at radius 3 is 2.33 bits per heavy atom. The van der Waals surface area contributed by atoms with Gasteiger partial charge in [0.1, 0.15) is 11.5 Å². The minimum atomic E-state index is -0.729. The highest BCUT2D eigenvalue weighted by atomic mass is 32.2. The predicted octanol–water partition coefficient (Wildman–Crippen LogP) is 5.07. The monoisotopic (exact) mass is 551 g/mol. The van der Waals surface area contributed by atoms with Crippen molar-refractivity contribution in [2.45, 2.75) is 57.6 Å². The molecule has 0 aliphatic carbocycles. The highest BCUT2D eigenvalue weighted by Gasteiger charge is 2.23. The number of phenolic OH excluding ortho intramolecular Hbond substituents is 2. The number of aromatic hydroxyl groups is 2. The number of carbonyl (C=O) groups is 1. The van der Waals surface area contributed by atoms with Crippen molar-refractivity contribution >= 4 is 23.5 Å². The molecule has 7 nitrogen and oxygen atoms in total. The first-order chi connectivity index (χ1) is 18.4. The van der Waals surface area contributed by atoms with E-state index in [4.69, 9.17) is 0 Å². The van der Waals surface area contributed by atoms with Crippen LogP contribution in [0.25, 0.3) is 0 Å². The second-order valence-corrected chi connectivity index (χ2v) is 11.9. The fraction of sp³-hybridized carbons (Fsp3) is 0.387. The topological polar surface area (TPSA) is 114 Å². The summed E-state index contributed by atoms with van der Waals surface area (Å²) in [7, 11) is 0. The fourth-order valence-electron chi connectivity index (χ4n) is 4.45. The molecule has 1 unspecified atom stereocenters. The van der Waals surface area contributed by atoms with Crippen molar-refractivity contribution in [3.63, 3.8) is 0 Å². The molecule has 1 amide bonds. The minimum Gasteiger partial charge on any atom is -0.508 e. The zero-order valence-corrected chi connectivity index (χ0v) is 24.2. The first-order valence-electron chi connectivity index (χ1n) is 13.1. The van der Waals surface area contributed by atoms with Crippen molar-refractivity contribution in [3.05, 3.63) is 89.0 Å². The predicted molar refractivity (Wildman–Crippen MR) is 160 cm³/mol. The third-order valence-corrected chi connectivity index (χ3v) is 7.19. The summed E-state index contributed by atoms with van der Waals surface area (Å²) in [5.74, 6) is 0.329. The van der Waals surface area contributed by atoms with E-state index < -0.39 is 6.10 Å². The molecule has 0 aliphatic rings. The number of phenols is 2. The van der Waals surface area contributed by atoms with Crippen LogP contribution in [0.4, 0.5) is 5.69 Å². The lowest BCUT2D eigenvalue weighted by Gasteiger charge is -2.28. The van der Waals surface area contributed by atoms with Gasteiger partial charge in [0.2, 0.25) is 5.91 Å². The molecule has 0 aliphatic heterocycles. The average Bonchev–Trinajstić information content (AvgIpc) is 2.88. The molecule has 0 heterocycles. The standard InChI is InChI=1S/C31H41N3O4S/c1-30(2,24-10-12-25(35)13-11-24)20-32-29(38)16-21-7-6-8-22(15-21)18-31(3,4)33-19-28(37)23-9-14-27(36)26(17-23)34-39-5/h6-15,17,28,33-37H,16,18-20H2,1-5H3,(H,32,38). The van der Waals surface area contributed by atoms with Gasteiger partial charge < -0.3 is 30.7 Å². The van der Waals surface area contributed by atoms with Crippen LogP contribution in [0.3, 0.4) is 0 Å². The zero-order chi connectivity index (χ0) is 28.6. The Labute approximate surface area is 236 Å². The van der Waals surface area contributed by atoms with Gasteiger partial charge in [0, 0.05) is 30.3 Å². The van der Waals surface area contributed by atoms with Crippen molar-refractivity contribution in [2.75, 3.05) is 24.1 Å². The molecule has 6 N–H and O–H groups in total. The number of benzene rings is 3. The molecule has 210 valence electrons. The van der Waals surface area contributed by atoms with Crippen molar-refractivity contribution in [3.8, 4) is 11.5 Å². The SMILES string of the molecule is CSNc1cc(C(O)CNC(C)(C)Cc2cccc(CC(=O)NCC(C)(C)c3ccc(O)cc3)c2)ccc1O. The van der Waals surface area contributed by atoms with Crippen LogP contribution in [0, 0.1) is 0 Å². The number of aliphatic hydroxyl groups is 1. The quantitative estimate of drug-likeness (QED) is 0.130. The van der Waals surface area contributed by atoms with Gasteiger partial charge in [0.15, 0.2) is 0 Å². The van der Waals surface area contributed by atoms with Gasteiger partial charge in [-0.15, -0.1) is 0 Å². The summed E-state index contributed by atoms with van der Waals surface area (Å²) in [5.41, 5.74) is 3.82. The third-order valence-electron chi connectivity index (χ3n) is 6.77. The van der Waals surface area contributed by atoms with Crippen molar-refractivity contribution in [1.82, 2.24) is 10.6 Å². The lowest BCUT2D eigenvalue weighted by atomic mass is 9.84. The van der Waals surface area contributed by atoms with E-state index in [1.165, 1.54) is 11.9 Å². The molecule has 0 saturated heterocycles. The van der Waals surface area contributed by atoms with Gasteiger partial charge in [-0.25, -0.2) is 0 Å². The number of anilines is 1. The first kappa shape index (κ1) is 30.3. The molecular weight excluding hydrogens is 510 g/mol. The molecule has 3 aromatic carbocycles. The molecule has 0 bridgehead atoms. The van der Waals surface area contributed by atoms with Crippen LogP contribution in [-0.2, 0) is 23.1 Å². The number of rotatable bonds is 13. The number of hydrogen-bond donors (Lipinski definition) is 6. The summed E-state index contributed by atoms with van der Waals surface area (Å²) in [6.45, 7) is 9.15. The van der Waals surface area contributed by atoms with E-state index >= 15 is 0 Å². The molecule has 1 atom stereocenters. The third kappa shape index (κ3) is 9.20. The number of hydrogen-bond acceptors (Lipinski definition) is 7. The summed E-state index contributed by atoms with van der Waals surface area (Å²) in [6, 6.07) is 20.2. The molecule has 0 fully saturated rings. The number of aliphatic hydroxyl groups excluding tert-OH is 1.